The van der Waals surface area contributed by atoms with Crippen LogP contribution >= 0.6 is 0 Å². The summed E-state index contributed by atoms with van der Waals surface area (Å²) in [6.07, 6.45) is 2.58. The Morgan fingerprint density at radius 2 is 2.27 bits per heavy atom. The van der Waals surface area contributed by atoms with E-state index in [-0.39, 0.29) is 0 Å². The Bertz CT molecular complexity index is 288. The fourth-order valence-electron chi connectivity index (χ4n) is 1.13. The zero-order valence-electron chi connectivity index (χ0n) is 6.96. The Morgan fingerprint density at radius 3 is 2.73 bits per heavy atom. The summed E-state index contributed by atoms with van der Waals surface area (Å²) in [5.41, 5.74) is 0.541. The molecule has 0 fully saturated rings. The molecule has 11 heavy (non-hydrogen) atoms. The third kappa shape index (κ3) is 1.48. The van der Waals surface area contributed by atoms with Crippen LogP contribution in [0.5, 0.6) is 0 Å². The van der Waals surface area contributed by atoms with Gasteiger partial charge in [0.2, 0.25) is 0 Å². The van der Waals surface area contributed by atoms with E-state index in [1.54, 1.807) is 12.3 Å². The highest BCUT2D eigenvalue weighted by Crippen LogP contribution is 1.90. The predicted molar refractivity (Wildman–Crippen MR) is 43.1 cm³/mol. The van der Waals surface area contributed by atoms with Crippen LogP contribution in [-0.2, 0) is 13.0 Å². The lowest BCUT2D eigenvalue weighted by Crippen LogP contribution is -2.22. The number of hydrogen-bond donors (Lipinski definition) is 1. The SMILES string of the molecule is CCc1nccc(=N)n1CC. The van der Waals surface area contributed by atoms with E-state index in [9.17, 15) is 0 Å². The summed E-state index contributed by atoms with van der Waals surface area (Å²) in [4.78, 5) is 4.17. The second-order valence-electron chi connectivity index (χ2n) is 2.34. The predicted octanol–water partition coefficient (Wildman–Crippen LogP) is 0.945. The van der Waals surface area contributed by atoms with E-state index in [1.165, 1.54) is 0 Å². The van der Waals surface area contributed by atoms with Crippen molar-refractivity contribution < 1.29 is 0 Å². The molecular formula is C8H13N3. The molecule has 1 rings (SSSR count). The maximum atomic E-state index is 7.54. The van der Waals surface area contributed by atoms with Crippen molar-refractivity contribution in [2.24, 2.45) is 0 Å². The standard InChI is InChI=1S/C8H13N3/c1-3-8-10-6-5-7(9)11(8)4-2/h5-6,9H,3-4H2,1-2H3. The maximum absolute atomic E-state index is 7.54. The van der Waals surface area contributed by atoms with E-state index in [2.05, 4.69) is 4.98 Å². The molecule has 0 aliphatic heterocycles. The first-order chi connectivity index (χ1) is 5.29. The van der Waals surface area contributed by atoms with Gasteiger partial charge in [0.1, 0.15) is 11.3 Å². The number of aromatic nitrogens is 2. The second-order valence-corrected chi connectivity index (χ2v) is 2.34. The molecule has 1 aromatic rings. The molecule has 0 aliphatic rings. The Labute approximate surface area is 66.2 Å². The molecule has 0 aromatic carbocycles. The second kappa shape index (κ2) is 3.32. The average molecular weight is 151 g/mol. The van der Waals surface area contributed by atoms with Crippen molar-refractivity contribution in [1.82, 2.24) is 9.55 Å². The topological polar surface area (TPSA) is 41.7 Å². The minimum absolute atomic E-state index is 0.541. The summed E-state index contributed by atoms with van der Waals surface area (Å²) < 4.78 is 1.90. The molecule has 0 saturated heterocycles. The molecule has 0 unspecified atom stereocenters. The van der Waals surface area contributed by atoms with Gasteiger partial charge in [-0.1, -0.05) is 6.92 Å². The summed E-state index contributed by atoms with van der Waals surface area (Å²) in [6, 6.07) is 1.71. The van der Waals surface area contributed by atoms with Gasteiger partial charge in [0.05, 0.1) is 0 Å². The van der Waals surface area contributed by atoms with Crippen LogP contribution in [0.3, 0.4) is 0 Å². The van der Waals surface area contributed by atoms with Crippen molar-refractivity contribution in [1.29, 1.82) is 5.41 Å². The Hall–Kier alpha value is -1.12. The first-order valence-corrected chi connectivity index (χ1v) is 3.89. The number of hydrogen-bond acceptors (Lipinski definition) is 2. The van der Waals surface area contributed by atoms with E-state index in [1.807, 2.05) is 18.4 Å². The highest BCUT2D eigenvalue weighted by Gasteiger charge is 1.96. The lowest BCUT2D eigenvalue weighted by molar-refractivity contribution is 0.633. The smallest absolute Gasteiger partial charge is 0.127 e. The zero-order valence-corrected chi connectivity index (χ0v) is 6.96. The summed E-state index contributed by atoms with van der Waals surface area (Å²) in [5, 5.41) is 7.54. The maximum Gasteiger partial charge on any atom is 0.127 e. The molecule has 0 saturated carbocycles. The van der Waals surface area contributed by atoms with Gasteiger partial charge in [-0.25, -0.2) is 4.98 Å². The van der Waals surface area contributed by atoms with Crippen LogP contribution in [0.1, 0.15) is 19.7 Å². The molecule has 0 spiro atoms. The Kier molecular flexibility index (Phi) is 2.41. The van der Waals surface area contributed by atoms with Gasteiger partial charge in [0.25, 0.3) is 0 Å². The fraction of sp³-hybridized carbons (Fsp3) is 0.500. The van der Waals surface area contributed by atoms with Crippen LogP contribution in [-0.4, -0.2) is 9.55 Å². The highest BCUT2D eigenvalue weighted by atomic mass is 15.1. The molecule has 0 aliphatic carbocycles. The summed E-state index contributed by atoms with van der Waals surface area (Å²) in [6.45, 7) is 4.91. The van der Waals surface area contributed by atoms with Crippen LogP contribution in [0.4, 0.5) is 0 Å². The lowest BCUT2D eigenvalue weighted by atomic mass is 10.4. The molecule has 3 heteroatoms. The number of nitrogens with zero attached hydrogens (tertiary/aromatic N) is 2. The minimum atomic E-state index is 0.541. The summed E-state index contributed by atoms with van der Waals surface area (Å²) >= 11 is 0. The number of nitrogens with one attached hydrogen (secondary N) is 1. The minimum Gasteiger partial charge on any atom is -0.315 e. The molecule has 0 atom stereocenters. The van der Waals surface area contributed by atoms with Crippen molar-refractivity contribution in [3.05, 3.63) is 23.6 Å². The van der Waals surface area contributed by atoms with Crippen LogP contribution in [0.15, 0.2) is 12.3 Å². The van der Waals surface area contributed by atoms with Crippen LogP contribution < -0.4 is 5.49 Å². The van der Waals surface area contributed by atoms with E-state index in [0.717, 1.165) is 18.8 Å². The van der Waals surface area contributed by atoms with Gasteiger partial charge in [-0.3, -0.25) is 5.41 Å². The van der Waals surface area contributed by atoms with Gasteiger partial charge < -0.3 is 4.57 Å². The first-order valence-electron chi connectivity index (χ1n) is 3.89. The Morgan fingerprint density at radius 1 is 1.55 bits per heavy atom. The van der Waals surface area contributed by atoms with Gasteiger partial charge >= 0.3 is 0 Å². The van der Waals surface area contributed by atoms with E-state index < -0.39 is 0 Å². The van der Waals surface area contributed by atoms with E-state index >= 15 is 0 Å². The van der Waals surface area contributed by atoms with Crippen molar-refractivity contribution in [3.8, 4) is 0 Å². The van der Waals surface area contributed by atoms with Gasteiger partial charge in [-0.2, -0.15) is 0 Å². The zero-order chi connectivity index (χ0) is 8.27. The fourth-order valence-corrected chi connectivity index (χ4v) is 1.13. The van der Waals surface area contributed by atoms with Crippen molar-refractivity contribution in [3.63, 3.8) is 0 Å². The molecular weight excluding hydrogens is 138 g/mol. The summed E-state index contributed by atoms with van der Waals surface area (Å²) in [7, 11) is 0. The molecule has 0 amide bonds. The van der Waals surface area contributed by atoms with Crippen molar-refractivity contribution in [2.45, 2.75) is 26.8 Å². The van der Waals surface area contributed by atoms with E-state index in [4.69, 9.17) is 5.41 Å². The third-order valence-corrected chi connectivity index (χ3v) is 1.69. The number of aryl methyl sites for hydroxylation is 1. The van der Waals surface area contributed by atoms with Gasteiger partial charge in [0, 0.05) is 19.2 Å². The van der Waals surface area contributed by atoms with Crippen molar-refractivity contribution >= 4 is 0 Å². The van der Waals surface area contributed by atoms with Gasteiger partial charge in [-0.05, 0) is 13.0 Å². The van der Waals surface area contributed by atoms with Crippen LogP contribution in [0.2, 0.25) is 0 Å². The molecule has 60 valence electrons. The first kappa shape index (κ1) is 7.98. The Balaban J connectivity index is 3.24. The van der Waals surface area contributed by atoms with Gasteiger partial charge in [0.15, 0.2) is 0 Å². The lowest BCUT2D eigenvalue weighted by Gasteiger charge is -2.07. The molecule has 0 bridgehead atoms. The largest absolute Gasteiger partial charge is 0.315 e. The molecule has 1 aromatic heterocycles. The average Bonchev–Trinajstić information content (AvgIpc) is 2.04. The van der Waals surface area contributed by atoms with Gasteiger partial charge in [-0.15, -0.1) is 0 Å². The quantitative estimate of drug-likeness (QED) is 0.671. The molecule has 1 N–H and O–H groups in total. The molecule has 3 nitrogen and oxygen atoms in total. The summed E-state index contributed by atoms with van der Waals surface area (Å²) in [5.74, 6) is 0.986. The van der Waals surface area contributed by atoms with Crippen LogP contribution in [0.25, 0.3) is 0 Å². The molecule has 1 heterocycles. The number of rotatable bonds is 2. The van der Waals surface area contributed by atoms with Crippen LogP contribution in [0, 0.1) is 5.41 Å². The molecule has 0 radical (unpaired) electrons. The van der Waals surface area contributed by atoms with E-state index in [0.29, 0.717) is 5.49 Å². The normalized spacial score (nSPS) is 10.0. The third-order valence-electron chi connectivity index (χ3n) is 1.69. The monoisotopic (exact) mass is 151 g/mol. The highest BCUT2D eigenvalue weighted by molar-refractivity contribution is 4.91. The van der Waals surface area contributed by atoms with Crippen molar-refractivity contribution in [2.75, 3.05) is 0 Å².